The van der Waals surface area contributed by atoms with E-state index in [2.05, 4.69) is 12.2 Å². The Morgan fingerprint density at radius 1 is 0.806 bits per heavy atom. The van der Waals surface area contributed by atoms with Gasteiger partial charge in [-0.15, -0.1) is 0 Å². The third kappa shape index (κ3) is 2.66. The molecule has 3 aliphatic rings. The quantitative estimate of drug-likeness (QED) is 0.279. The van der Waals surface area contributed by atoms with Crippen LogP contribution >= 0.6 is 0 Å². The zero-order chi connectivity index (χ0) is 21.1. The summed E-state index contributed by atoms with van der Waals surface area (Å²) >= 11 is 0. The number of anilines is 1. The third-order valence-electron chi connectivity index (χ3n) is 6.77. The molecule has 2 fully saturated rings. The minimum atomic E-state index is -0.593. The molecule has 2 bridgehead atoms. The highest BCUT2D eigenvalue weighted by atomic mass is 16.5. The van der Waals surface area contributed by atoms with E-state index in [1.54, 1.807) is 36.4 Å². The monoisotopic (exact) mass is 409 g/mol. The molecular formula is C26H19NO4. The Labute approximate surface area is 178 Å². The van der Waals surface area contributed by atoms with E-state index in [9.17, 15) is 14.4 Å². The highest BCUT2D eigenvalue weighted by molar-refractivity contribution is 6.24. The topological polar surface area (TPSA) is 63.7 Å². The molecule has 1 heterocycles. The van der Waals surface area contributed by atoms with Crippen molar-refractivity contribution in [3.63, 3.8) is 0 Å². The van der Waals surface area contributed by atoms with Gasteiger partial charge < -0.3 is 4.74 Å². The molecule has 6 rings (SSSR count). The summed E-state index contributed by atoms with van der Waals surface area (Å²) in [6.07, 6.45) is 4.98. The number of rotatable bonds is 3. The summed E-state index contributed by atoms with van der Waals surface area (Å²) in [5.41, 5.74) is 0.509. The first-order valence-corrected chi connectivity index (χ1v) is 10.5. The van der Waals surface area contributed by atoms with E-state index >= 15 is 0 Å². The van der Waals surface area contributed by atoms with Crippen molar-refractivity contribution in [1.82, 2.24) is 0 Å². The number of nitrogens with zero attached hydrogens (tertiary/aromatic N) is 1. The van der Waals surface area contributed by atoms with Crippen molar-refractivity contribution >= 4 is 34.2 Å². The normalized spacial score (nSPS) is 26.0. The summed E-state index contributed by atoms with van der Waals surface area (Å²) in [7, 11) is 0. The second-order valence-electron chi connectivity index (χ2n) is 8.43. The van der Waals surface area contributed by atoms with Crippen molar-refractivity contribution in [1.29, 1.82) is 0 Å². The van der Waals surface area contributed by atoms with Crippen molar-refractivity contribution in [2.24, 2.45) is 23.7 Å². The van der Waals surface area contributed by atoms with Crippen LogP contribution in [0.4, 0.5) is 5.69 Å². The number of amides is 2. The molecule has 0 unspecified atom stereocenters. The average molecular weight is 409 g/mol. The van der Waals surface area contributed by atoms with Gasteiger partial charge in [0.25, 0.3) is 0 Å². The molecule has 31 heavy (non-hydrogen) atoms. The first-order valence-electron chi connectivity index (χ1n) is 10.5. The van der Waals surface area contributed by atoms with Gasteiger partial charge in [0, 0.05) is 0 Å². The van der Waals surface area contributed by atoms with E-state index in [4.69, 9.17) is 4.74 Å². The number of fused-ring (bicyclic) bond motifs is 6. The maximum atomic E-state index is 13.2. The van der Waals surface area contributed by atoms with Crippen molar-refractivity contribution in [3.8, 4) is 5.75 Å². The van der Waals surface area contributed by atoms with Crippen LogP contribution in [0.1, 0.15) is 16.8 Å². The number of imide groups is 1. The smallest absolute Gasteiger partial charge is 0.345 e. The van der Waals surface area contributed by atoms with Gasteiger partial charge in [-0.25, -0.2) is 9.69 Å². The zero-order valence-electron chi connectivity index (χ0n) is 16.6. The van der Waals surface area contributed by atoms with E-state index in [1.165, 1.54) is 4.90 Å². The fourth-order valence-electron chi connectivity index (χ4n) is 5.37. The van der Waals surface area contributed by atoms with Gasteiger partial charge in [-0.05, 0) is 53.3 Å². The Morgan fingerprint density at radius 3 is 2.19 bits per heavy atom. The molecule has 2 amide bonds. The number of carbonyl (C=O) groups is 3. The van der Waals surface area contributed by atoms with Crippen molar-refractivity contribution in [2.75, 3.05) is 4.90 Å². The summed E-state index contributed by atoms with van der Waals surface area (Å²) in [4.78, 5) is 40.6. The van der Waals surface area contributed by atoms with Crippen LogP contribution in [-0.2, 0) is 9.59 Å². The minimum absolute atomic E-state index is 0.119. The van der Waals surface area contributed by atoms with Gasteiger partial charge in [-0.3, -0.25) is 9.59 Å². The Hall–Kier alpha value is -3.73. The van der Waals surface area contributed by atoms with Gasteiger partial charge in [0.2, 0.25) is 11.8 Å². The Balaban J connectivity index is 1.33. The molecule has 4 atom stereocenters. The standard InChI is InChI=1S/C26H19NO4/c28-24-22-17-9-10-18(13-17)23(22)25(29)27(24)21-8-4-3-7-20(21)26(30)31-19-12-11-15-5-1-2-6-16(15)14-19/h1-12,14,17-18,22-23H,13H2/t17-,18-,22-,23+/m0/s1. The van der Waals surface area contributed by atoms with E-state index in [0.717, 1.165) is 17.2 Å². The summed E-state index contributed by atoms with van der Waals surface area (Å²) in [5.74, 6) is -0.989. The predicted molar refractivity (Wildman–Crippen MR) is 116 cm³/mol. The van der Waals surface area contributed by atoms with Crippen LogP contribution in [0.5, 0.6) is 5.75 Å². The van der Waals surface area contributed by atoms with Crippen LogP contribution in [0.2, 0.25) is 0 Å². The summed E-state index contributed by atoms with van der Waals surface area (Å²) in [5, 5.41) is 2.01. The fourth-order valence-corrected chi connectivity index (χ4v) is 5.37. The number of hydrogen-bond acceptors (Lipinski definition) is 4. The lowest BCUT2D eigenvalue weighted by Crippen LogP contribution is -2.34. The molecule has 2 aliphatic carbocycles. The fraction of sp³-hybridized carbons (Fsp3) is 0.192. The van der Waals surface area contributed by atoms with Crippen molar-refractivity contribution < 1.29 is 19.1 Å². The number of ether oxygens (including phenoxy) is 1. The van der Waals surface area contributed by atoms with E-state index in [-0.39, 0.29) is 41.0 Å². The number of para-hydroxylation sites is 1. The lowest BCUT2D eigenvalue weighted by molar-refractivity contribution is -0.123. The van der Waals surface area contributed by atoms with Gasteiger partial charge >= 0.3 is 5.97 Å². The second-order valence-corrected chi connectivity index (χ2v) is 8.43. The first-order chi connectivity index (χ1) is 15.1. The molecule has 5 nitrogen and oxygen atoms in total. The molecule has 0 N–H and O–H groups in total. The van der Waals surface area contributed by atoms with Crippen LogP contribution < -0.4 is 9.64 Å². The van der Waals surface area contributed by atoms with Crippen molar-refractivity contribution in [3.05, 3.63) is 84.4 Å². The number of carbonyl (C=O) groups excluding carboxylic acids is 3. The molecule has 5 heteroatoms. The molecular weight excluding hydrogens is 390 g/mol. The van der Waals surface area contributed by atoms with Crippen LogP contribution in [0.15, 0.2) is 78.9 Å². The van der Waals surface area contributed by atoms with Gasteiger partial charge in [0.1, 0.15) is 5.75 Å². The van der Waals surface area contributed by atoms with Crippen molar-refractivity contribution in [2.45, 2.75) is 6.42 Å². The average Bonchev–Trinajstić information content (AvgIpc) is 3.47. The highest BCUT2D eigenvalue weighted by Gasteiger charge is 2.59. The van der Waals surface area contributed by atoms with E-state index < -0.39 is 5.97 Å². The van der Waals surface area contributed by atoms with Crippen LogP contribution in [-0.4, -0.2) is 17.8 Å². The van der Waals surface area contributed by atoms with E-state index in [0.29, 0.717) is 11.4 Å². The molecule has 3 aromatic rings. The third-order valence-corrected chi connectivity index (χ3v) is 6.77. The second kappa shape index (κ2) is 6.64. The summed E-state index contributed by atoms with van der Waals surface area (Å²) in [6, 6.07) is 19.9. The Bertz CT molecular complexity index is 1260. The molecule has 0 aromatic heterocycles. The predicted octanol–water partition coefficient (Wildman–Crippen LogP) is 4.37. The number of allylic oxidation sites excluding steroid dienone is 2. The molecule has 3 aromatic carbocycles. The number of hydrogen-bond donors (Lipinski definition) is 0. The Morgan fingerprint density at radius 2 is 1.45 bits per heavy atom. The SMILES string of the molecule is O=C(Oc1ccc2ccccc2c1)c1ccccc1N1C(=O)[C@@H]2[C@H](C1=O)[C@H]1C=C[C@H]2C1. The summed E-state index contributed by atoms with van der Waals surface area (Å²) in [6.45, 7) is 0. The number of benzene rings is 3. The molecule has 1 saturated carbocycles. The lowest BCUT2D eigenvalue weighted by atomic mass is 9.85. The maximum Gasteiger partial charge on any atom is 0.345 e. The summed E-state index contributed by atoms with van der Waals surface area (Å²) < 4.78 is 5.63. The van der Waals surface area contributed by atoms with Gasteiger partial charge in [0.15, 0.2) is 0 Å². The minimum Gasteiger partial charge on any atom is -0.423 e. The first kappa shape index (κ1) is 18.1. The van der Waals surface area contributed by atoms with Crippen LogP contribution in [0, 0.1) is 23.7 Å². The molecule has 1 saturated heterocycles. The highest BCUT2D eigenvalue weighted by Crippen LogP contribution is 2.53. The van der Waals surface area contributed by atoms with Gasteiger partial charge in [-0.1, -0.05) is 54.6 Å². The zero-order valence-corrected chi connectivity index (χ0v) is 16.6. The Kier molecular flexibility index (Phi) is 3.87. The van der Waals surface area contributed by atoms with Crippen LogP contribution in [0.25, 0.3) is 10.8 Å². The molecule has 1 aliphatic heterocycles. The van der Waals surface area contributed by atoms with Gasteiger partial charge in [-0.2, -0.15) is 0 Å². The largest absolute Gasteiger partial charge is 0.423 e. The number of esters is 1. The van der Waals surface area contributed by atoms with Crippen LogP contribution in [0.3, 0.4) is 0 Å². The molecule has 152 valence electrons. The van der Waals surface area contributed by atoms with Gasteiger partial charge in [0.05, 0.1) is 23.1 Å². The molecule has 0 spiro atoms. The van der Waals surface area contributed by atoms with E-state index in [1.807, 2.05) is 30.3 Å². The molecule has 0 radical (unpaired) electrons. The maximum absolute atomic E-state index is 13.2. The lowest BCUT2D eigenvalue weighted by Gasteiger charge is -2.20.